The van der Waals surface area contributed by atoms with Crippen molar-refractivity contribution >= 4 is 18.3 Å². The van der Waals surface area contributed by atoms with E-state index in [1.54, 1.807) is 0 Å². The van der Waals surface area contributed by atoms with Crippen molar-refractivity contribution in [3.8, 4) is 0 Å². The summed E-state index contributed by atoms with van der Waals surface area (Å²) < 4.78 is 48.4. The standard InChI is InChI=1S/C7H10F4N2O.ClH/c8-5(9)2-12-6(14)4-1-7(10,11)3-13-4;/h4-5,13H,1-3H2,(H,12,14);1H. The molecule has 1 heterocycles. The SMILES string of the molecule is Cl.O=C(NCC(F)F)C1CC(F)(F)CN1. The zero-order chi connectivity index (χ0) is 10.8. The van der Waals surface area contributed by atoms with Gasteiger partial charge in [-0.15, -0.1) is 12.4 Å². The largest absolute Gasteiger partial charge is 0.349 e. The van der Waals surface area contributed by atoms with Gasteiger partial charge in [0.05, 0.1) is 19.1 Å². The van der Waals surface area contributed by atoms with Gasteiger partial charge in [-0.3, -0.25) is 10.1 Å². The summed E-state index contributed by atoms with van der Waals surface area (Å²) in [5, 5.41) is 4.14. The van der Waals surface area contributed by atoms with Crippen molar-refractivity contribution in [2.24, 2.45) is 0 Å². The van der Waals surface area contributed by atoms with Crippen LogP contribution in [0.25, 0.3) is 0 Å². The Kier molecular flexibility index (Phi) is 5.30. The van der Waals surface area contributed by atoms with Crippen LogP contribution in [0.3, 0.4) is 0 Å². The summed E-state index contributed by atoms with van der Waals surface area (Å²) in [7, 11) is 0. The second-order valence-electron chi connectivity index (χ2n) is 3.13. The number of amides is 1. The van der Waals surface area contributed by atoms with Crippen molar-refractivity contribution in [3.63, 3.8) is 0 Å². The molecule has 1 atom stereocenters. The molecule has 0 aliphatic carbocycles. The fourth-order valence-corrected chi connectivity index (χ4v) is 1.20. The van der Waals surface area contributed by atoms with Crippen molar-refractivity contribution in [2.45, 2.75) is 24.8 Å². The second-order valence-corrected chi connectivity index (χ2v) is 3.13. The Bertz CT molecular complexity index is 227. The molecular weight excluding hydrogens is 240 g/mol. The van der Waals surface area contributed by atoms with Gasteiger partial charge >= 0.3 is 0 Å². The Morgan fingerprint density at radius 3 is 2.53 bits per heavy atom. The molecular formula is C7H11ClF4N2O. The average molecular weight is 251 g/mol. The molecule has 1 unspecified atom stereocenters. The van der Waals surface area contributed by atoms with E-state index in [-0.39, 0.29) is 12.4 Å². The monoisotopic (exact) mass is 250 g/mol. The van der Waals surface area contributed by atoms with Gasteiger partial charge in [-0.05, 0) is 0 Å². The van der Waals surface area contributed by atoms with Crippen molar-refractivity contribution in [2.75, 3.05) is 13.1 Å². The van der Waals surface area contributed by atoms with Gasteiger partial charge in [-0.1, -0.05) is 0 Å². The highest BCUT2D eigenvalue weighted by atomic mass is 35.5. The lowest BCUT2D eigenvalue weighted by atomic mass is 10.2. The molecule has 2 N–H and O–H groups in total. The molecule has 8 heteroatoms. The van der Waals surface area contributed by atoms with Gasteiger partial charge in [0.2, 0.25) is 5.91 Å². The molecule has 3 nitrogen and oxygen atoms in total. The van der Waals surface area contributed by atoms with Gasteiger partial charge in [-0.2, -0.15) is 0 Å². The van der Waals surface area contributed by atoms with E-state index in [4.69, 9.17) is 0 Å². The van der Waals surface area contributed by atoms with E-state index in [2.05, 4.69) is 5.32 Å². The first-order valence-corrected chi connectivity index (χ1v) is 4.08. The lowest BCUT2D eigenvalue weighted by molar-refractivity contribution is -0.124. The van der Waals surface area contributed by atoms with Crippen LogP contribution in [0.15, 0.2) is 0 Å². The Labute approximate surface area is 90.0 Å². The minimum atomic E-state index is -2.92. The number of nitrogens with one attached hydrogen (secondary N) is 2. The molecule has 1 aliphatic heterocycles. The van der Waals surface area contributed by atoms with Gasteiger partial charge < -0.3 is 5.32 Å². The first-order valence-electron chi connectivity index (χ1n) is 4.08. The van der Waals surface area contributed by atoms with Gasteiger partial charge in [0.25, 0.3) is 12.3 Å². The Morgan fingerprint density at radius 1 is 1.53 bits per heavy atom. The van der Waals surface area contributed by atoms with Crippen LogP contribution in [0.5, 0.6) is 0 Å². The highest BCUT2D eigenvalue weighted by Crippen LogP contribution is 2.24. The third-order valence-corrected chi connectivity index (χ3v) is 1.86. The van der Waals surface area contributed by atoms with Crippen molar-refractivity contribution < 1.29 is 22.4 Å². The van der Waals surface area contributed by atoms with Crippen LogP contribution in [-0.4, -0.2) is 37.4 Å². The number of carbonyl (C=O) groups excluding carboxylic acids is 1. The van der Waals surface area contributed by atoms with Crippen LogP contribution in [-0.2, 0) is 4.79 Å². The number of hydrogen-bond acceptors (Lipinski definition) is 2. The molecule has 1 rings (SSSR count). The number of hydrogen-bond donors (Lipinski definition) is 2. The van der Waals surface area contributed by atoms with Gasteiger partial charge in [-0.25, -0.2) is 17.6 Å². The Hall–Kier alpha value is -0.560. The maximum Gasteiger partial charge on any atom is 0.262 e. The summed E-state index contributed by atoms with van der Waals surface area (Å²) in [5.74, 6) is -3.73. The second kappa shape index (κ2) is 5.50. The molecule has 0 spiro atoms. The lowest BCUT2D eigenvalue weighted by Gasteiger charge is -2.10. The summed E-state index contributed by atoms with van der Waals surface area (Å²) in [5.41, 5.74) is 0. The van der Waals surface area contributed by atoms with E-state index in [9.17, 15) is 22.4 Å². The predicted octanol–water partition coefficient (Wildman–Crippen LogP) is 0.787. The number of halogens is 5. The van der Waals surface area contributed by atoms with E-state index < -0.39 is 43.8 Å². The van der Waals surface area contributed by atoms with Crippen LogP contribution >= 0.6 is 12.4 Å². The average Bonchev–Trinajstić information content (AvgIpc) is 2.41. The molecule has 1 fully saturated rings. The molecule has 0 aromatic rings. The topological polar surface area (TPSA) is 41.1 Å². The number of alkyl halides is 4. The van der Waals surface area contributed by atoms with Crippen molar-refractivity contribution in [3.05, 3.63) is 0 Å². The summed E-state index contributed by atoms with van der Waals surface area (Å²) in [6.45, 7) is -1.39. The van der Waals surface area contributed by atoms with E-state index in [1.165, 1.54) is 0 Å². The van der Waals surface area contributed by atoms with Crippen LogP contribution in [0.1, 0.15) is 6.42 Å². The van der Waals surface area contributed by atoms with E-state index in [0.717, 1.165) is 0 Å². The minimum absolute atomic E-state index is 0. The summed E-state index contributed by atoms with van der Waals surface area (Å²) in [6, 6.07) is -1.07. The van der Waals surface area contributed by atoms with Crippen molar-refractivity contribution in [1.82, 2.24) is 10.6 Å². The maximum absolute atomic E-state index is 12.6. The van der Waals surface area contributed by atoms with Crippen LogP contribution in [0, 0.1) is 0 Å². The third-order valence-electron chi connectivity index (χ3n) is 1.86. The zero-order valence-electron chi connectivity index (χ0n) is 7.60. The van der Waals surface area contributed by atoms with Gasteiger partial charge in [0, 0.05) is 6.42 Å². The highest BCUT2D eigenvalue weighted by Gasteiger charge is 2.42. The molecule has 90 valence electrons. The van der Waals surface area contributed by atoms with Gasteiger partial charge in [0.1, 0.15) is 0 Å². The fraction of sp³-hybridized carbons (Fsp3) is 0.857. The van der Waals surface area contributed by atoms with E-state index >= 15 is 0 Å². The molecule has 0 bridgehead atoms. The van der Waals surface area contributed by atoms with Crippen LogP contribution < -0.4 is 10.6 Å². The number of carbonyl (C=O) groups is 1. The zero-order valence-corrected chi connectivity index (χ0v) is 8.42. The molecule has 0 radical (unpaired) electrons. The summed E-state index contributed by atoms with van der Waals surface area (Å²) in [6.07, 6.45) is -3.30. The first-order chi connectivity index (χ1) is 6.41. The van der Waals surface area contributed by atoms with E-state index in [1.807, 2.05) is 5.32 Å². The smallest absolute Gasteiger partial charge is 0.262 e. The minimum Gasteiger partial charge on any atom is -0.349 e. The molecule has 0 saturated carbocycles. The Balaban J connectivity index is 0.00000196. The quantitative estimate of drug-likeness (QED) is 0.727. The van der Waals surface area contributed by atoms with E-state index in [0.29, 0.717) is 0 Å². The fourth-order valence-electron chi connectivity index (χ4n) is 1.20. The highest BCUT2D eigenvalue weighted by molar-refractivity contribution is 5.85. The maximum atomic E-state index is 12.6. The van der Waals surface area contributed by atoms with Crippen LogP contribution in [0.4, 0.5) is 17.6 Å². The van der Waals surface area contributed by atoms with Gasteiger partial charge in [0.15, 0.2) is 0 Å². The molecule has 0 aromatic heterocycles. The Morgan fingerprint density at radius 2 is 2.13 bits per heavy atom. The molecule has 1 aliphatic rings. The molecule has 1 saturated heterocycles. The van der Waals surface area contributed by atoms with Crippen LogP contribution in [0.2, 0.25) is 0 Å². The third kappa shape index (κ3) is 4.65. The summed E-state index contributed by atoms with van der Waals surface area (Å²) in [4.78, 5) is 11.0. The predicted molar refractivity (Wildman–Crippen MR) is 47.6 cm³/mol. The van der Waals surface area contributed by atoms with Crippen molar-refractivity contribution in [1.29, 1.82) is 0 Å². The molecule has 1 amide bonds. The normalized spacial score (nSPS) is 23.7. The summed E-state index contributed by atoms with van der Waals surface area (Å²) >= 11 is 0. The first kappa shape index (κ1) is 14.4. The lowest BCUT2D eigenvalue weighted by Crippen LogP contribution is -2.42. The number of rotatable bonds is 3. The molecule has 15 heavy (non-hydrogen) atoms. The molecule has 0 aromatic carbocycles.